The predicted octanol–water partition coefficient (Wildman–Crippen LogP) is 3.39. The van der Waals surface area contributed by atoms with Gasteiger partial charge in [0.05, 0.1) is 23.5 Å². The van der Waals surface area contributed by atoms with Crippen LogP contribution in [0.4, 0.5) is 0 Å². The Kier molecular flexibility index (Phi) is 3.92. The van der Waals surface area contributed by atoms with E-state index in [1.54, 1.807) is 18.5 Å². The van der Waals surface area contributed by atoms with Crippen LogP contribution in [-0.2, 0) is 7.05 Å². The minimum Gasteiger partial charge on any atom is -0.463 e. The normalized spacial score (nSPS) is 21.5. The molecule has 9 heteroatoms. The summed E-state index contributed by atoms with van der Waals surface area (Å²) >= 11 is 0. The lowest BCUT2D eigenvalue weighted by Crippen LogP contribution is -2.34. The second kappa shape index (κ2) is 6.69. The van der Waals surface area contributed by atoms with Gasteiger partial charge in [0.15, 0.2) is 16.9 Å². The number of aromatic amines is 1. The molecule has 9 nitrogen and oxygen atoms in total. The van der Waals surface area contributed by atoms with E-state index in [4.69, 9.17) is 4.42 Å². The minimum absolute atomic E-state index is 0.0715. The third-order valence-corrected chi connectivity index (χ3v) is 6.75. The smallest absolute Gasteiger partial charge is 0.268 e. The Hall–Kier alpha value is -3.62. The number of aromatic nitrogens is 6. The molecule has 1 aliphatic carbocycles. The van der Waals surface area contributed by atoms with Crippen molar-refractivity contribution in [1.29, 1.82) is 0 Å². The third-order valence-electron chi connectivity index (χ3n) is 6.75. The molecule has 0 bridgehead atoms. The topological polar surface area (TPSA) is 106 Å². The molecule has 0 unspecified atom stereocenters. The van der Waals surface area contributed by atoms with Crippen molar-refractivity contribution in [2.75, 3.05) is 0 Å². The van der Waals surface area contributed by atoms with Gasteiger partial charge in [0.2, 0.25) is 0 Å². The zero-order chi connectivity index (χ0) is 21.1. The van der Waals surface area contributed by atoms with Crippen molar-refractivity contribution in [2.45, 2.75) is 38.1 Å². The van der Waals surface area contributed by atoms with Crippen molar-refractivity contribution in [3.63, 3.8) is 0 Å². The van der Waals surface area contributed by atoms with Crippen molar-refractivity contribution in [1.82, 2.24) is 34.4 Å². The van der Waals surface area contributed by atoms with E-state index in [0.717, 1.165) is 53.0 Å². The van der Waals surface area contributed by atoms with E-state index < -0.39 is 0 Å². The Bertz CT molecular complexity index is 1420. The summed E-state index contributed by atoms with van der Waals surface area (Å²) in [5.74, 6) is 1.51. The van der Waals surface area contributed by atoms with Crippen molar-refractivity contribution in [3.8, 4) is 0 Å². The molecule has 2 N–H and O–H groups in total. The summed E-state index contributed by atoms with van der Waals surface area (Å²) in [5.41, 5.74) is 4.79. The van der Waals surface area contributed by atoms with E-state index in [1.165, 1.54) is 0 Å². The van der Waals surface area contributed by atoms with E-state index in [1.807, 2.05) is 29.9 Å². The highest BCUT2D eigenvalue weighted by Gasteiger charge is 2.38. The molecule has 0 radical (unpaired) electrons. The van der Waals surface area contributed by atoms with Crippen LogP contribution in [0.1, 0.15) is 48.4 Å². The summed E-state index contributed by atoms with van der Waals surface area (Å²) in [7, 11) is 1.89. The van der Waals surface area contributed by atoms with Gasteiger partial charge in [-0.05, 0) is 24.8 Å². The summed E-state index contributed by atoms with van der Waals surface area (Å²) in [6.45, 7) is 2.20. The van der Waals surface area contributed by atoms with Crippen LogP contribution in [0.2, 0.25) is 0 Å². The Labute approximate surface area is 177 Å². The number of hydrogen-bond donors (Lipinski definition) is 2. The Morgan fingerprint density at radius 1 is 1.29 bits per heavy atom. The van der Waals surface area contributed by atoms with Gasteiger partial charge in [-0.1, -0.05) is 13.3 Å². The molecule has 5 aromatic rings. The summed E-state index contributed by atoms with van der Waals surface area (Å²) < 4.78 is 9.42. The maximum atomic E-state index is 13.0. The van der Waals surface area contributed by atoms with Crippen molar-refractivity contribution in [2.24, 2.45) is 13.0 Å². The summed E-state index contributed by atoms with van der Waals surface area (Å²) in [5, 5.41) is 12.1. The number of H-pyrrole nitrogens is 1. The van der Waals surface area contributed by atoms with E-state index in [0.29, 0.717) is 11.6 Å². The predicted molar refractivity (Wildman–Crippen MR) is 115 cm³/mol. The third kappa shape index (κ3) is 2.69. The molecule has 0 saturated heterocycles. The molecular formula is C22H23N7O2. The van der Waals surface area contributed by atoms with Gasteiger partial charge in [0, 0.05) is 37.3 Å². The van der Waals surface area contributed by atoms with Crippen LogP contribution < -0.4 is 5.32 Å². The average Bonchev–Trinajstić information content (AvgIpc) is 3.56. The number of carbonyl (C=O) groups excluding carboxylic acids is 1. The van der Waals surface area contributed by atoms with Gasteiger partial charge in [0.1, 0.15) is 11.5 Å². The fourth-order valence-electron chi connectivity index (χ4n) is 5.18. The summed E-state index contributed by atoms with van der Waals surface area (Å²) in [6.07, 6.45) is 8.04. The van der Waals surface area contributed by atoms with Gasteiger partial charge >= 0.3 is 0 Å². The van der Waals surface area contributed by atoms with Crippen LogP contribution in [-0.4, -0.2) is 41.1 Å². The molecule has 6 rings (SSSR count). The first-order valence-electron chi connectivity index (χ1n) is 10.6. The Morgan fingerprint density at radius 3 is 3.03 bits per heavy atom. The molecular weight excluding hydrogens is 394 g/mol. The number of rotatable bonds is 4. The van der Waals surface area contributed by atoms with Gasteiger partial charge in [-0.25, -0.2) is 4.98 Å². The lowest BCUT2D eigenvalue weighted by molar-refractivity contribution is 0.0929. The highest BCUT2D eigenvalue weighted by atomic mass is 16.3. The first-order valence-corrected chi connectivity index (χ1v) is 10.6. The van der Waals surface area contributed by atoms with E-state index >= 15 is 0 Å². The maximum Gasteiger partial charge on any atom is 0.268 e. The number of amides is 1. The van der Waals surface area contributed by atoms with Crippen LogP contribution in [0.25, 0.3) is 27.9 Å². The van der Waals surface area contributed by atoms with Crippen LogP contribution in [0.15, 0.2) is 41.3 Å². The number of nitrogens with one attached hydrogen (secondary N) is 2. The second-order valence-corrected chi connectivity index (χ2v) is 8.40. The molecule has 1 saturated carbocycles. The number of furan rings is 1. The van der Waals surface area contributed by atoms with Gasteiger partial charge in [-0.3, -0.25) is 9.20 Å². The number of fused-ring (bicyclic) bond motifs is 4. The highest BCUT2D eigenvalue weighted by Crippen LogP contribution is 2.41. The first kappa shape index (κ1) is 18.2. The molecule has 5 aromatic heterocycles. The number of aryl methyl sites for hydroxylation is 1. The van der Waals surface area contributed by atoms with Gasteiger partial charge in [0.25, 0.3) is 5.91 Å². The minimum atomic E-state index is -0.0715. The molecule has 0 aliphatic heterocycles. The zero-order valence-electron chi connectivity index (χ0n) is 17.4. The van der Waals surface area contributed by atoms with Gasteiger partial charge in [-0.15, -0.1) is 10.2 Å². The lowest BCUT2D eigenvalue weighted by Gasteiger charge is -2.15. The molecule has 0 spiro atoms. The van der Waals surface area contributed by atoms with Crippen LogP contribution in [0.3, 0.4) is 0 Å². The number of nitrogens with zero attached hydrogens (tertiary/aromatic N) is 5. The van der Waals surface area contributed by atoms with Crippen molar-refractivity contribution < 1.29 is 9.21 Å². The van der Waals surface area contributed by atoms with E-state index in [2.05, 4.69) is 36.8 Å². The molecule has 0 aromatic carbocycles. The first-order chi connectivity index (χ1) is 15.1. The van der Waals surface area contributed by atoms with Crippen LogP contribution in [0.5, 0.6) is 0 Å². The highest BCUT2D eigenvalue weighted by molar-refractivity contribution is 5.97. The Morgan fingerprint density at radius 2 is 2.19 bits per heavy atom. The monoisotopic (exact) mass is 417 g/mol. The summed E-state index contributed by atoms with van der Waals surface area (Å²) in [6, 6.07) is 5.76. The zero-order valence-corrected chi connectivity index (χ0v) is 17.4. The van der Waals surface area contributed by atoms with Crippen molar-refractivity contribution in [3.05, 3.63) is 48.4 Å². The van der Waals surface area contributed by atoms with Gasteiger partial charge in [-0.2, -0.15) is 0 Å². The molecule has 31 heavy (non-hydrogen) atoms. The molecule has 1 aliphatic rings. The van der Waals surface area contributed by atoms with E-state index in [-0.39, 0.29) is 17.9 Å². The van der Waals surface area contributed by atoms with Crippen LogP contribution in [0, 0.1) is 5.92 Å². The lowest BCUT2D eigenvalue weighted by atomic mass is 9.93. The molecule has 5 heterocycles. The van der Waals surface area contributed by atoms with Gasteiger partial charge < -0.3 is 19.3 Å². The number of hydrogen-bond acceptors (Lipinski definition) is 5. The van der Waals surface area contributed by atoms with Crippen LogP contribution >= 0.6 is 0 Å². The maximum absolute atomic E-state index is 13.0. The molecule has 1 amide bonds. The molecule has 158 valence electrons. The quantitative estimate of drug-likeness (QED) is 0.466. The standard InChI is InChI=1S/C22H23N7O2/c1-3-12-8-13(25-22(30)17-10-18-15(28(17)2)5-7-31-18)9-14(12)21-27-26-19-11-24-20-16(29(19)21)4-6-23-20/h4-7,10-14,23H,3,8-9H2,1-2H3,(H,25,30)/t12-,13+,14+/m1/s1. The SMILES string of the molecule is CC[C@@H]1C[C@H](NC(=O)c2cc3occc3n2C)C[C@@H]1c1nnc2cnc3[nH]ccc3n12. The Balaban J connectivity index is 1.30. The summed E-state index contributed by atoms with van der Waals surface area (Å²) in [4.78, 5) is 20.6. The largest absolute Gasteiger partial charge is 0.463 e. The molecule has 1 fully saturated rings. The number of carbonyl (C=O) groups is 1. The fourth-order valence-corrected chi connectivity index (χ4v) is 5.18. The average molecular weight is 417 g/mol. The molecule has 3 atom stereocenters. The van der Waals surface area contributed by atoms with E-state index in [9.17, 15) is 4.79 Å². The fraction of sp³-hybridized carbons (Fsp3) is 0.364. The van der Waals surface area contributed by atoms with Crippen molar-refractivity contribution >= 4 is 33.8 Å². The second-order valence-electron chi connectivity index (χ2n) is 8.40.